The number of aromatic hydroxyl groups is 1. The monoisotopic (exact) mass is 1850 g/mol. The van der Waals surface area contributed by atoms with E-state index < -0.39 is 254 Å². The number of carbonyl (C=O) groups is 17. The first-order valence-electron chi connectivity index (χ1n) is 43.5. The molecule has 0 saturated carbocycles. The predicted molar refractivity (Wildman–Crippen MR) is 474 cm³/mol. The summed E-state index contributed by atoms with van der Waals surface area (Å²) < 4.78 is 1.22. The lowest BCUT2D eigenvalue weighted by atomic mass is 9.97. The minimum Gasteiger partial charge on any atom is -0.508 e. The Kier molecular flexibility index (Phi) is 36.1. The van der Waals surface area contributed by atoms with Gasteiger partial charge in [-0.05, 0) is 102 Å². The van der Waals surface area contributed by atoms with Crippen LogP contribution in [0, 0.1) is 0 Å². The Morgan fingerprint density at radius 3 is 1.84 bits per heavy atom. The second-order valence-electron chi connectivity index (χ2n) is 32.9. The predicted octanol–water partition coefficient (Wildman–Crippen LogP) is -2.95. The number of amides is 16. The second kappa shape index (κ2) is 47.5. The minimum atomic E-state index is -1.93. The van der Waals surface area contributed by atoms with E-state index in [-0.39, 0.29) is 68.8 Å². The van der Waals surface area contributed by atoms with Gasteiger partial charge in [0.15, 0.2) is 5.82 Å². The van der Waals surface area contributed by atoms with Crippen LogP contribution in [0.5, 0.6) is 5.75 Å². The number of phenols is 1. The molecule has 132 heavy (non-hydrogen) atoms. The second-order valence-corrected chi connectivity index (χ2v) is 33.9. The van der Waals surface area contributed by atoms with E-state index in [4.69, 9.17) is 11.5 Å². The smallest absolute Gasteiger partial charge is 0.305 e. The molecule has 0 bridgehead atoms. The fraction of sp³-hybridized carbons (Fsp3) is 0.483. The molecule has 15 atom stereocenters. The molecule has 0 radical (unpaired) electrons. The molecule has 0 unspecified atom stereocenters. The molecule has 7 aromatic rings. The van der Waals surface area contributed by atoms with Crippen LogP contribution in [0.4, 0.5) is 0 Å². The first-order valence-corrected chi connectivity index (χ1v) is 44.7. The molecule has 0 aliphatic carbocycles. The number of carboxylic acid groups (broad SMARTS) is 1. The number of benzene rings is 4. The van der Waals surface area contributed by atoms with Gasteiger partial charge in [-0.15, -0.1) is 16.9 Å². The van der Waals surface area contributed by atoms with Gasteiger partial charge in [-0.2, -0.15) is 0 Å². The quantitative estimate of drug-likeness (QED) is 0.0304. The number of aliphatic hydroxyl groups excluding tert-OH is 2. The SMILES string of the molecule is CCCC[C@H]1C(=O)N[C@@H](C)C(=O)N[C@H](C(=O)NCC(N)=O)CSCC(=O)N[C@@H](Cc2ccc(O)cc2)C(=O)N[C@H](C)C(=O)N[C@@H](CC(=O)O)C(=O)N2CCC[C@H]2C(=O)N[C@@H](Cc2cnc[nH]2)C(=O)N[C@@H](CCC(N)=O)C(=O)N2C[C@H](O)C[C@H]2C(=O)N[C@@H](Cc2c[nH]c3ccccc23)C(=O)N[C@@H](CO)C(=O)N[C@@H](Cc2cccc3ccccc23)c2nnnn2[C@@H](CCCC)C(=O)N1C. The third kappa shape index (κ3) is 27.1. The number of hydrogen-bond donors (Lipinski definition) is 19. The summed E-state index contributed by atoms with van der Waals surface area (Å²) in [6, 6.07) is 2.97. The minimum absolute atomic E-state index is 0.0301. The number of primary amides is 2. The number of nitrogens with two attached hydrogens (primary N) is 2. The molecule has 44 nitrogen and oxygen atoms in total. The molecule has 10 rings (SSSR count). The highest BCUT2D eigenvalue weighted by Gasteiger charge is 2.46. The van der Waals surface area contributed by atoms with Crippen molar-refractivity contribution in [3.63, 3.8) is 0 Å². The van der Waals surface area contributed by atoms with Crippen LogP contribution < -0.4 is 70.0 Å². The van der Waals surface area contributed by atoms with E-state index in [2.05, 4.69) is 89.0 Å². The third-order valence-corrected chi connectivity index (χ3v) is 24.1. The fourth-order valence-electron chi connectivity index (χ4n) is 16.0. The number of aromatic amines is 2. The van der Waals surface area contributed by atoms with Crippen molar-refractivity contribution in [3.05, 3.63) is 138 Å². The highest BCUT2D eigenvalue weighted by Crippen LogP contribution is 2.31. The highest BCUT2D eigenvalue weighted by molar-refractivity contribution is 8.00. The van der Waals surface area contributed by atoms with Crippen molar-refractivity contribution >= 4 is 134 Å². The molecular weight excluding hydrogens is 1740 g/mol. The van der Waals surface area contributed by atoms with E-state index in [1.165, 1.54) is 67.3 Å². The molecule has 0 spiro atoms. The van der Waals surface area contributed by atoms with Gasteiger partial charge in [0.1, 0.15) is 84.3 Å². The number of unbranched alkanes of at least 4 members (excludes halogenated alkanes) is 2. The first kappa shape index (κ1) is 100. The van der Waals surface area contributed by atoms with E-state index in [0.717, 1.165) is 32.3 Å². The summed E-state index contributed by atoms with van der Waals surface area (Å²) in [6.45, 7) is 3.64. The van der Waals surface area contributed by atoms with Gasteiger partial charge < -0.3 is 115 Å². The maximum absolute atomic E-state index is 15.6. The maximum atomic E-state index is 15.6. The van der Waals surface area contributed by atoms with E-state index in [1.54, 1.807) is 48.7 Å². The number of aromatic nitrogens is 7. The summed E-state index contributed by atoms with van der Waals surface area (Å²) in [6.07, 6.45) is 0.801. The Labute approximate surface area is 761 Å². The average molecular weight is 1850 g/mol. The standard InChI is InChI=1S/C87H113N23O21S/c1-6-8-22-66-82(126)95-47(4)76(120)103-65(77(121)92-40-71(89)115)43-132-44-72(116)96-60(32-48-25-27-53(112)28-26-48)78(122)94-46(3)75(119)101-63(37-73(117)118)86(130)108-31-15-24-67(108)83(127)100-62(35-52-39-90-45-93-52)80(124)97-58(29-30-70(88)114)85(129)109-41-54(113)36-69(109)84(128)99-61(34-51-38-91-57-21-13-12-20-56(51)57)79(123)102-64(42-111)81(125)98-59(33-50-18-14-17-49-16-10-11-19-55(49)50)74-104-105-106-110(74)68(23-9-7-2)87(131)107(66)5/h10-14,16-21,25-28,38-39,45-47,54,58-69,91,111-113H,6-9,15,22-24,29-37,40-44H2,1-5H3,(H2,88,114)(H2,89,115)(H,90,93)(H,92,121)(H,94,122)(H,95,126)(H,96,116)(H,97,124)(H,98,125)(H,99,128)(H,100,127)(H,101,119)(H,102,123)(H,103,120)(H,117,118)/t46-,47+,54-,58+,59+,60+,61+,62+,63+,64+,65+,66+,67+,68+,69+/m1/s1. The lowest BCUT2D eigenvalue weighted by Crippen LogP contribution is -2.60. The summed E-state index contributed by atoms with van der Waals surface area (Å²) in [5, 5.41) is 86.4. The number of hydrogen-bond acceptors (Lipinski definition) is 25. The zero-order chi connectivity index (χ0) is 95.6. The normalized spacial score (nSPS) is 24.7. The number of rotatable bonds is 23. The van der Waals surface area contributed by atoms with Crippen LogP contribution in [0.2, 0.25) is 0 Å². The van der Waals surface area contributed by atoms with Crippen molar-refractivity contribution in [1.29, 1.82) is 0 Å². The van der Waals surface area contributed by atoms with Gasteiger partial charge in [-0.3, -0.25) is 81.5 Å². The van der Waals surface area contributed by atoms with E-state index >= 15 is 28.8 Å². The third-order valence-electron chi connectivity index (χ3n) is 23.1. The van der Waals surface area contributed by atoms with Crippen molar-refractivity contribution in [1.82, 2.24) is 108 Å². The number of nitrogens with one attached hydrogen (secondary N) is 13. The summed E-state index contributed by atoms with van der Waals surface area (Å²) in [5.41, 5.74) is 13.3. The maximum Gasteiger partial charge on any atom is 0.305 e. The molecule has 21 N–H and O–H groups in total. The molecule has 3 aliphatic rings. The van der Waals surface area contributed by atoms with Gasteiger partial charge in [0.25, 0.3) is 0 Å². The molecule has 45 heteroatoms. The van der Waals surface area contributed by atoms with Crippen LogP contribution >= 0.6 is 11.8 Å². The molecule has 2 fully saturated rings. The summed E-state index contributed by atoms with van der Waals surface area (Å²) >= 11 is 0.761. The number of fused-ring (bicyclic) bond motifs is 5. The summed E-state index contributed by atoms with van der Waals surface area (Å²) in [5.74, 6) is -18.5. The number of tetrazole rings is 1. The largest absolute Gasteiger partial charge is 0.508 e. The lowest BCUT2D eigenvalue weighted by Gasteiger charge is -2.32. The summed E-state index contributed by atoms with van der Waals surface area (Å²) in [7, 11) is 1.38. The van der Waals surface area contributed by atoms with Crippen LogP contribution in [-0.2, 0) is 107 Å². The van der Waals surface area contributed by atoms with Crippen molar-refractivity contribution in [3.8, 4) is 5.75 Å². The Morgan fingerprint density at radius 1 is 0.576 bits per heavy atom. The molecule has 3 aliphatic heterocycles. The van der Waals surface area contributed by atoms with Gasteiger partial charge in [0.05, 0.1) is 43.8 Å². The van der Waals surface area contributed by atoms with Gasteiger partial charge in [0.2, 0.25) is 94.5 Å². The average Bonchev–Trinajstić information content (AvgIpc) is 1.66. The number of thioether (sulfide) groups is 1. The Bertz CT molecular complexity index is 5320. The number of H-pyrrole nitrogens is 2. The molecular formula is C87H113N23O21S. The van der Waals surface area contributed by atoms with Crippen LogP contribution in [0.25, 0.3) is 21.7 Å². The number of nitrogens with zero attached hydrogens (tertiary/aromatic N) is 8. The van der Waals surface area contributed by atoms with Crippen LogP contribution in [-0.4, -0.2) is 294 Å². The Balaban J connectivity index is 1.01. The van der Waals surface area contributed by atoms with Gasteiger partial charge in [-0.25, -0.2) is 9.67 Å². The van der Waals surface area contributed by atoms with E-state index in [0.29, 0.717) is 53.3 Å². The van der Waals surface area contributed by atoms with E-state index in [9.17, 15) is 73.2 Å². The van der Waals surface area contributed by atoms with E-state index in [1.807, 2.05) is 38.1 Å². The van der Waals surface area contributed by atoms with Crippen LogP contribution in [0.1, 0.15) is 145 Å². The zero-order valence-electron chi connectivity index (χ0n) is 73.5. The molecule has 6 heterocycles. The lowest BCUT2D eigenvalue weighted by molar-refractivity contribution is -0.146. The number of carboxylic acids is 1. The Morgan fingerprint density at radius 2 is 1.17 bits per heavy atom. The van der Waals surface area contributed by atoms with Crippen molar-refractivity contribution in [2.75, 3.05) is 44.8 Å². The highest BCUT2D eigenvalue weighted by atomic mass is 32.2. The fourth-order valence-corrected chi connectivity index (χ4v) is 16.9. The van der Waals surface area contributed by atoms with Gasteiger partial charge >= 0.3 is 5.97 Å². The number of phenolic OH excluding ortho intramolecular Hbond substituents is 1. The van der Waals surface area contributed by atoms with Crippen LogP contribution in [0.3, 0.4) is 0 Å². The molecule has 3 aromatic heterocycles. The first-order chi connectivity index (χ1) is 63.1. The van der Waals surface area contributed by atoms with Crippen molar-refractivity contribution < 1.29 is 102 Å². The van der Waals surface area contributed by atoms with Crippen molar-refractivity contribution in [2.45, 2.75) is 221 Å². The molecule has 16 amide bonds. The summed E-state index contributed by atoms with van der Waals surface area (Å²) in [4.78, 5) is 257. The molecule has 2 saturated heterocycles. The van der Waals surface area contributed by atoms with Crippen LogP contribution in [0.15, 0.2) is 110 Å². The topological polar surface area (TPSA) is 653 Å². The number of imidazole rings is 1. The number of carbonyl (C=O) groups excluding carboxylic acids is 16. The van der Waals surface area contributed by atoms with Gasteiger partial charge in [-0.1, -0.05) is 112 Å². The number of aliphatic hydroxyl groups is 2. The number of para-hydroxylation sites is 1. The molecule has 708 valence electrons. The number of likely N-dealkylation sites (N-methyl/N-ethyl adjacent to an activating group) is 1. The van der Waals surface area contributed by atoms with Gasteiger partial charge in [0, 0.05) is 93.4 Å². The number of aliphatic carboxylic acids is 1. The molecule has 4 aromatic carbocycles. The van der Waals surface area contributed by atoms with Crippen molar-refractivity contribution in [2.24, 2.45) is 11.5 Å². The Hall–Kier alpha value is -14.0. The zero-order valence-corrected chi connectivity index (χ0v) is 74.3.